The predicted molar refractivity (Wildman–Crippen MR) is 84.4 cm³/mol. The Morgan fingerprint density at radius 2 is 2.05 bits per heavy atom. The highest BCUT2D eigenvalue weighted by molar-refractivity contribution is 6.30. The van der Waals surface area contributed by atoms with E-state index in [0.29, 0.717) is 24.0 Å². The van der Waals surface area contributed by atoms with Crippen molar-refractivity contribution in [3.63, 3.8) is 0 Å². The van der Waals surface area contributed by atoms with Gasteiger partial charge in [0.2, 0.25) is 11.8 Å². The fourth-order valence-corrected chi connectivity index (χ4v) is 2.51. The van der Waals surface area contributed by atoms with Gasteiger partial charge in [-0.25, -0.2) is 0 Å². The van der Waals surface area contributed by atoms with Crippen molar-refractivity contribution in [1.29, 1.82) is 0 Å². The Hall–Kier alpha value is -1.55. The van der Waals surface area contributed by atoms with Crippen LogP contribution in [0.4, 0.5) is 5.69 Å². The molecule has 2 rings (SSSR count). The third kappa shape index (κ3) is 4.21. The summed E-state index contributed by atoms with van der Waals surface area (Å²) in [7, 11) is 0. The van der Waals surface area contributed by atoms with Crippen LogP contribution in [0.3, 0.4) is 0 Å². The molecule has 1 heterocycles. The summed E-state index contributed by atoms with van der Waals surface area (Å²) < 4.78 is 0. The van der Waals surface area contributed by atoms with Gasteiger partial charge in [0, 0.05) is 30.2 Å². The topological polar surface area (TPSA) is 49.4 Å². The molecule has 0 bridgehead atoms. The number of anilines is 1. The Balaban J connectivity index is 1.93. The first-order valence-electron chi connectivity index (χ1n) is 7.31. The molecule has 1 saturated heterocycles. The van der Waals surface area contributed by atoms with Crippen molar-refractivity contribution < 1.29 is 9.59 Å². The molecular weight excluding hydrogens is 288 g/mol. The molecule has 0 spiro atoms. The van der Waals surface area contributed by atoms with Crippen LogP contribution in [-0.2, 0) is 9.59 Å². The highest BCUT2D eigenvalue weighted by Gasteiger charge is 2.34. The van der Waals surface area contributed by atoms with Crippen LogP contribution >= 0.6 is 11.6 Å². The van der Waals surface area contributed by atoms with Crippen molar-refractivity contribution in [3.8, 4) is 0 Å². The minimum atomic E-state index is -0.264. The van der Waals surface area contributed by atoms with E-state index in [0.717, 1.165) is 12.1 Å². The van der Waals surface area contributed by atoms with Gasteiger partial charge in [0.15, 0.2) is 0 Å². The predicted octanol–water partition coefficient (Wildman–Crippen LogP) is 2.86. The van der Waals surface area contributed by atoms with Gasteiger partial charge in [-0.05, 0) is 36.6 Å². The lowest BCUT2D eigenvalue weighted by molar-refractivity contribution is -0.126. The number of nitrogens with zero attached hydrogens (tertiary/aromatic N) is 1. The van der Waals surface area contributed by atoms with Gasteiger partial charge >= 0.3 is 0 Å². The van der Waals surface area contributed by atoms with Gasteiger partial charge in [0.1, 0.15) is 0 Å². The highest BCUT2D eigenvalue weighted by Crippen LogP contribution is 2.26. The van der Waals surface area contributed by atoms with Crippen LogP contribution in [0, 0.1) is 11.8 Å². The fourth-order valence-electron chi connectivity index (χ4n) is 2.38. The Morgan fingerprint density at radius 3 is 2.67 bits per heavy atom. The monoisotopic (exact) mass is 308 g/mol. The average molecular weight is 309 g/mol. The van der Waals surface area contributed by atoms with Crippen molar-refractivity contribution >= 4 is 29.1 Å². The van der Waals surface area contributed by atoms with Crippen LogP contribution in [0.25, 0.3) is 0 Å². The molecule has 1 N–H and O–H groups in total. The molecule has 0 radical (unpaired) electrons. The Labute approximate surface area is 130 Å². The molecule has 1 aromatic carbocycles. The number of benzene rings is 1. The zero-order valence-corrected chi connectivity index (χ0v) is 13.2. The Bertz CT molecular complexity index is 514. The van der Waals surface area contributed by atoms with Gasteiger partial charge in [-0.2, -0.15) is 0 Å². The van der Waals surface area contributed by atoms with Gasteiger partial charge in [0.05, 0.1) is 5.92 Å². The highest BCUT2D eigenvalue weighted by atomic mass is 35.5. The lowest BCUT2D eigenvalue weighted by Gasteiger charge is -2.17. The third-order valence-electron chi connectivity index (χ3n) is 3.66. The molecule has 1 aliphatic heterocycles. The maximum Gasteiger partial charge on any atom is 0.227 e. The number of carbonyl (C=O) groups excluding carboxylic acids is 2. The molecular formula is C16H21ClN2O2. The van der Waals surface area contributed by atoms with Gasteiger partial charge < -0.3 is 10.2 Å². The van der Waals surface area contributed by atoms with E-state index in [-0.39, 0.29) is 24.2 Å². The van der Waals surface area contributed by atoms with Gasteiger partial charge in [-0.1, -0.05) is 25.4 Å². The van der Waals surface area contributed by atoms with Crippen molar-refractivity contribution in [2.75, 3.05) is 18.0 Å². The molecule has 0 unspecified atom stereocenters. The minimum absolute atomic E-state index is 0.0127. The van der Waals surface area contributed by atoms with E-state index in [9.17, 15) is 9.59 Å². The minimum Gasteiger partial charge on any atom is -0.356 e. The Morgan fingerprint density at radius 1 is 1.38 bits per heavy atom. The lowest BCUT2D eigenvalue weighted by atomic mass is 10.1. The summed E-state index contributed by atoms with van der Waals surface area (Å²) in [5.41, 5.74) is 0.793. The summed E-state index contributed by atoms with van der Waals surface area (Å²) in [6.07, 6.45) is 1.23. The number of rotatable bonds is 5. The molecule has 1 fully saturated rings. The first kappa shape index (κ1) is 15.8. The van der Waals surface area contributed by atoms with E-state index in [1.165, 1.54) is 0 Å². The second-order valence-electron chi connectivity index (χ2n) is 5.86. The van der Waals surface area contributed by atoms with E-state index in [4.69, 9.17) is 11.6 Å². The molecule has 1 aliphatic rings. The molecule has 21 heavy (non-hydrogen) atoms. The lowest BCUT2D eigenvalue weighted by Crippen LogP contribution is -2.33. The van der Waals surface area contributed by atoms with E-state index in [1.807, 2.05) is 0 Å². The quantitative estimate of drug-likeness (QED) is 0.909. The number of carbonyl (C=O) groups is 2. The van der Waals surface area contributed by atoms with E-state index >= 15 is 0 Å². The maximum atomic E-state index is 12.1. The molecule has 0 aromatic heterocycles. The van der Waals surface area contributed by atoms with Crippen molar-refractivity contribution in [2.45, 2.75) is 26.7 Å². The smallest absolute Gasteiger partial charge is 0.227 e. The molecule has 0 aliphatic carbocycles. The largest absolute Gasteiger partial charge is 0.356 e. The van der Waals surface area contributed by atoms with Crippen molar-refractivity contribution in [1.82, 2.24) is 5.32 Å². The Kier molecular flexibility index (Phi) is 5.23. The van der Waals surface area contributed by atoms with Gasteiger partial charge in [-0.3, -0.25) is 9.59 Å². The summed E-state index contributed by atoms with van der Waals surface area (Å²) in [4.78, 5) is 25.8. The number of halogens is 1. The second-order valence-corrected chi connectivity index (χ2v) is 6.29. The summed E-state index contributed by atoms with van der Waals surface area (Å²) in [5.74, 6) is 0.253. The molecule has 114 valence electrons. The van der Waals surface area contributed by atoms with Crippen molar-refractivity contribution in [2.24, 2.45) is 11.8 Å². The zero-order valence-electron chi connectivity index (χ0n) is 12.4. The number of amides is 2. The van der Waals surface area contributed by atoms with Crippen LogP contribution in [0.1, 0.15) is 26.7 Å². The standard InChI is InChI=1S/C16H21ClN2O2/c1-11(2)7-8-18-16(21)12-9-15(20)19(10-12)14-5-3-13(17)4-6-14/h3-6,11-12H,7-10H2,1-2H3,(H,18,21)/t12-/m0/s1. The molecule has 4 nitrogen and oxygen atoms in total. The van der Waals surface area contributed by atoms with Crippen LogP contribution < -0.4 is 10.2 Å². The van der Waals surface area contributed by atoms with Crippen LogP contribution in [0.15, 0.2) is 24.3 Å². The van der Waals surface area contributed by atoms with E-state index in [2.05, 4.69) is 19.2 Å². The van der Waals surface area contributed by atoms with Crippen LogP contribution in [-0.4, -0.2) is 24.9 Å². The van der Waals surface area contributed by atoms with E-state index < -0.39 is 0 Å². The summed E-state index contributed by atoms with van der Waals surface area (Å²) in [6, 6.07) is 7.11. The van der Waals surface area contributed by atoms with E-state index in [1.54, 1.807) is 29.2 Å². The maximum absolute atomic E-state index is 12.1. The fraction of sp³-hybridized carbons (Fsp3) is 0.500. The molecule has 1 aromatic rings. The molecule has 0 saturated carbocycles. The third-order valence-corrected chi connectivity index (χ3v) is 3.91. The number of hydrogen-bond acceptors (Lipinski definition) is 2. The summed E-state index contributed by atoms with van der Waals surface area (Å²) in [5, 5.41) is 3.55. The van der Waals surface area contributed by atoms with Crippen LogP contribution in [0.5, 0.6) is 0 Å². The first-order valence-corrected chi connectivity index (χ1v) is 7.69. The average Bonchev–Trinajstić information content (AvgIpc) is 2.81. The van der Waals surface area contributed by atoms with Crippen molar-refractivity contribution in [3.05, 3.63) is 29.3 Å². The first-order chi connectivity index (χ1) is 9.97. The molecule has 1 atom stereocenters. The van der Waals surface area contributed by atoms with Crippen LogP contribution in [0.2, 0.25) is 5.02 Å². The summed E-state index contributed by atoms with van der Waals surface area (Å²) in [6.45, 7) is 5.34. The molecule has 5 heteroatoms. The number of nitrogens with one attached hydrogen (secondary N) is 1. The number of hydrogen-bond donors (Lipinski definition) is 1. The normalized spacial score (nSPS) is 18.4. The SMILES string of the molecule is CC(C)CCNC(=O)[C@H]1CC(=O)N(c2ccc(Cl)cc2)C1. The van der Waals surface area contributed by atoms with Gasteiger partial charge in [0.25, 0.3) is 0 Å². The summed E-state index contributed by atoms with van der Waals surface area (Å²) >= 11 is 5.85. The molecule has 2 amide bonds. The second kappa shape index (κ2) is 6.94. The van der Waals surface area contributed by atoms with Gasteiger partial charge in [-0.15, -0.1) is 0 Å². The zero-order chi connectivity index (χ0) is 15.4.